The summed E-state index contributed by atoms with van der Waals surface area (Å²) in [6.45, 7) is 1.22. The van der Waals surface area contributed by atoms with Crippen molar-refractivity contribution in [1.82, 2.24) is 4.31 Å². The molecule has 1 fully saturated rings. The van der Waals surface area contributed by atoms with Gasteiger partial charge < -0.3 is 10.5 Å². The molecule has 0 bridgehead atoms. The Kier molecular flexibility index (Phi) is 4.74. The van der Waals surface area contributed by atoms with E-state index in [0.717, 1.165) is 6.07 Å². The van der Waals surface area contributed by atoms with Gasteiger partial charge in [-0.2, -0.15) is 4.31 Å². The highest BCUT2D eigenvalue weighted by Crippen LogP contribution is 2.24. The number of rotatable bonds is 4. The van der Waals surface area contributed by atoms with Crippen LogP contribution in [0.1, 0.15) is 18.4 Å². The van der Waals surface area contributed by atoms with Crippen molar-refractivity contribution in [3.63, 3.8) is 0 Å². The minimum absolute atomic E-state index is 0.158. The molecule has 0 unspecified atom stereocenters. The van der Waals surface area contributed by atoms with Crippen LogP contribution in [0.25, 0.3) is 0 Å². The van der Waals surface area contributed by atoms with Gasteiger partial charge in [0.15, 0.2) is 0 Å². The summed E-state index contributed by atoms with van der Waals surface area (Å²) in [5.74, 6) is -0.749. The Morgan fingerprint density at radius 2 is 2.05 bits per heavy atom. The molecular weight excluding hydrogens is 283 g/mol. The number of hydrogen-bond donors (Lipinski definition) is 1. The molecular formula is C13H19FN2O3S. The number of halogens is 1. The molecule has 0 saturated carbocycles. The van der Waals surface area contributed by atoms with Gasteiger partial charge >= 0.3 is 0 Å². The molecule has 0 radical (unpaired) electrons. The molecule has 20 heavy (non-hydrogen) atoms. The third-order valence-electron chi connectivity index (χ3n) is 3.59. The lowest BCUT2D eigenvalue weighted by Gasteiger charge is -2.30. The molecule has 1 aliphatic heterocycles. The van der Waals surface area contributed by atoms with E-state index in [1.54, 1.807) is 0 Å². The van der Waals surface area contributed by atoms with Gasteiger partial charge in [0.2, 0.25) is 10.0 Å². The van der Waals surface area contributed by atoms with E-state index in [4.69, 9.17) is 10.5 Å². The van der Waals surface area contributed by atoms with Crippen molar-refractivity contribution in [3.8, 4) is 0 Å². The second-order valence-corrected chi connectivity index (χ2v) is 6.80. The van der Waals surface area contributed by atoms with Crippen molar-refractivity contribution in [2.24, 2.45) is 5.73 Å². The van der Waals surface area contributed by atoms with Gasteiger partial charge in [-0.1, -0.05) is 6.07 Å². The Bertz CT molecular complexity index is 571. The van der Waals surface area contributed by atoms with Crippen LogP contribution in [0.15, 0.2) is 23.1 Å². The second kappa shape index (κ2) is 6.17. The first-order valence-electron chi connectivity index (χ1n) is 6.51. The Morgan fingerprint density at radius 3 is 2.65 bits per heavy atom. The third kappa shape index (κ3) is 3.01. The van der Waals surface area contributed by atoms with Gasteiger partial charge in [0.1, 0.15) is 10.7 Å². The number of benzene rings is 1. The fraction of sp³-hybridized carbons (Fsp3) is 0.538. The summed E-state index contributed by atoms with van der Waals surface area (Å²) < 4.78 is 45.4. The van der Waals surface area contributed by atoms with Crippen LogP contribution in [0.5, 0.6) is 0 Å². The standard InChI is InChI=1S/C13H19FN2O3S/c1-16(11-4-6-19-7-5-11)20(17,18)13-8-10(9-15)2-3-12(13)14/h2-3,8,11H,4-7,9,15H2,1H3. The molecule has 2 N–H and O–H groups in total. The predicted molar refractivity (Wildman–Crippen MR) is 73.1 cm³/mol. The zero-order valence-corrected chi connectivity index (χ0v) is 12.2. The first-order chi connectivity index (χ1) is 9.46. The van der Waals surface area contributed by atoms with Crippen LogP contribution in [-0.4, -0.2) is 39.0 Å². The van der Waals surface area contributed by atoms with E-state index in [1.807, 2.05) is 0 Å². The molecule has 1 aromatic carbocycles. The predicted octanol–water partition coefficient (Wildman–Crippen LogP) is 1.08. The van der Waals surface area contributed by atoms with Crippen LogP contribution in [0, 0.1) is 5.82 Å². The molecule has 112 valence electrons. The highest BCUT2D eigenvalue weighted by Gasteiger charge is 2.31. The van der Waals surface area contributed by atoms with Gasteiger partial charge in [-0.3, -0.25) is 0 Å². The van der Waals surface area contributed by atoms with Crippen molar-refractivity contribution < 1.29 is 17.5 Å². The fourth-order valence-electron chi connectivity index (χ4n) is 2.27. The van der Waals surface area contributed by atoms with Gasteiger partial charge in [-0.25, -0.2) is 12.8 Å². The van der Waals surface area contributed by atoms with Crippen molar-refractivity contribution >= 4 is 10.0 Å². The lowest BCUT2D eigenvalue weighted by molar-refractivity contribution is 0.0631. The molecule has 1 aliphatic rings. The first-order valence-corrected chi connectivity index (χ1v) is 7.95. The van der Waals surface area contributed by atoms with Gasteiger partial charge in [0.25, 0.3) is 0 Å². The van der Waals surface area contributed by atoms with Crippen LogP contribution in [0.4, 0.5) is 4.39 Å². The maximum Gasteiger partial charge on any atom is 0.245 e. The molecule has 0 aromatic heterocycles. The monoisotopic (exact) mass is 302 g/mol. The molecule has 0 atom stereocenters. The van der Waals surface area contributed by atoms with E-state index in [1.165, 1.54) is 23.5 Å². The zero-order valence-electron chi connectivity index (χ0n) is 11.4. The summed E-state index contributed by atoms with van der Waals surface area (Å²) in [6.07, 6.45) is 1.24. The Hall–Kier alpha value is -1.02. The average Bonchev–Trinajstić information content (AvgIpc) is 2.47. The number of nitrogens with zero attached hydrogens (tertiary/aromatic N) is 1. The summed E-state index contributed by atoms with van der Waals surface area (Å²) in [6, 6.07) is 3.78. The summed E-state index contributed by atoms with van der Waals surface area (Å²) in [5.41, 5.74) is 6.07. The number of sulfonamides is 1. The van der Waals surface area contributed by atoms with Crippen LogP contribution in [0.3, 0.4) is 0 Å². The van der Waals surface area contributed by atoms with Crippen LogP contribution >= 0.6 is 0 Å². The summed E-state index contributed by atoms with van der Waals surface area (Å²) in [5, 5.41) is 0. The molecule has 0 amide bonds. The SMILES string of the molecule is CN(C1CCOCC1)S(=O)(=O)c1cc(CN)ccc1F. The highest BCUT2D eigenvalue weighted by molar-refractivity contribution is 7.89. The molecule has 1 aromatic rings. The summed E-state index contributed by atoms with van der Waals surface area (Å²) in [4.78, 5) is -0.311. The van der Waals surface area contributed by atoms with E-state index < -0.39 is 15.8 Å². The van der Waals surface area contributed by atoms with Gasteiger partial charge in [0.05, 0.1) is 0 Å². The van der Waals surface area contributed by atoms with Crippen molar-refractivity contribution in [2.45, 2.75) is 30.3 Å². The molecule has 7 heteroatoms. The van der Waals surface area contributed by atoms with Crippen molar-refractivity contribution in [3.05, 3.63) is 29.6 Å². The summed E-state index contributed by atoms with van der Waals surface area (Å²) in [7, 11) is -2.37. The lowest BCUT2D eigenvalue weighted by atomic mass is 10.1. The van der Waals surface area contributed by atoms with E-state index in [0.29, 0.717) is 31.6 Å². The number of hydrogen-bond acceptors (Lipinski definition) is 4. The lowest BCUT2D eigenvalue weighted by Crippen LogP contribution is -2.40. The topological polar surface area (TPSA) is 72.6 Å². The van der Waals surface area contributed by atoms with E-state index in [2.05, 4.69) is 0 Å². The highest BCUT2D eigenvalue weighted by atomic mass is 32.2. The molecule has 0 aliphatic carbocycles. The minimum Gasteiger partial charge on any atom is -0.381 e. The molecule has 1 heterocycles. The minimum atomic E-state index is -3.85. The van der Waals surface area contributed by atoms with Crippen molar-refractivity contribution in [1.29, 1.82) is 0 Å². The summed E-state index contributed by atoms with van der Waals surface area (Å²) >= 11 is 0. The van der Waals surface area contributed by atoms with Crippen molar-refractivity contribution in [2.75, 3.05) is 20.3 Å². The average molecular weight is 302 g/mol. The van der Waals surface area contributed by atoms with E-state index in [-0.39, 0.29) is 17.5 Å². The Morgan fingerprint density at radius 1 is 1.40 bits per heavy atom. The maximum atomic E-state index is 13.9. The quantitative estimate of drug-likeness (QED) is 0.903. The Balaban J connectivity index is 2.33. The van der Waals surface area contributed by atoms with Gasteiger partial charge in [-0.05, 0) is 30.5 Å². The number of nitrogens with two attached hydrogens (primary N) is 1. The molecule has 2 rings (SSSR count). The Labute approximate surface area is 118 Å². The van der Waals surface area contributed by atoms with Gasteiger partial charge in [-0.15, -0.1) is 0 Å². The van der Waals surface area contributed by atoms with Crippen LogP contribution in [0.2, 0.25) is 0 Å². The maximum absolute atomic E-state index is 13.9. The molecule has 1 saturated heterocycles. The third-order valence-corrected chi connectivity index (χ3v) is 5.52. The number of ether oxygens (including phenoxy) is 1. The smallest absolute Gasteiger partial charge is 0.245 e. The van der Waals surface area contributed by atoms with E-state index in [9.17, 15) is 12.8 Å². The zero-order chi connectivity index (χ0) is 14.8. The fourth-order valence-corrected chi connectivity index (χ4v) is 3.80. The van der Waals surface area contributed by atoms with E-state index >= 15 is 0 Å². The second-order valence-electron chi connectivity index (χ2n) is 4.83. The normalized spacial score (nSPS) is 17.6. The van der Waals surface area contributed by atoms with Gasteiger partial charge in [0, 0.05) is 32.8 Å². The van der Waals surface area contributed by atoms with Crippen LogP contribution in [-0.2, 0) is 21.3 Å². The first kappa shape index (κ1) is 15.4. The molecule has 5 nitrogen and oxygen atoms in total. The van der Waals surface area contributed by atoms with Crippen LogP contribution < -0.4 is 5.73 Å². The largest absolute Gasteiger partial charge is 0.381 e. The molecule has 0 spiro atoms.